The summed E-state index contributed by atoms with van der Waals surface area (Å²) >= 11 is 1.14. The van der Waals surface area contributed by atoms with E-state index in [1.165, 1.54) is 7.11 Å². The van der Waals surface area contributed by atoms with Crippen molar-refractivity contribution in [3.63, 3.8) is 0 Å². The van der Waals surface area contributed by atoms with Crippen molar-refractivity contribution in [1.29, 1.82) is 0 Å². The van der Waals surface area contributed by atoms with Gasteiger partial charge in [-0.1, -0.05) is 46.0 Å². The fourth-order valence-electron chi connectivity index (χ4n) is 2.30. The Hall–Kier alpha value is -1.18. The van der Waals surface area contributed by atoms with E-state index in [0.29, 0.717) is 28.5 Å². The van der Waals surface area contributed by atoms with Crippen LogP contribution < -0.4 is 11.1 Å². The summed E-state index contributed by atoms with van der Waals surface area (Å²) in [6.45, 7) is 10.0. The van der Waals surface area contributed by atoms with Gasteiger partial charge in [-0.15, -0.1) is 12.4 Å². The highest BCUT2D eigenvalue weighted by Gasteiger charge is 2.35. The van der Waals surface area contributed by atoms with E-state index in [4.69, 9.17) is 10.5 Å². The zero-order chi connectivity index (χ0) is 17.8. The third kappa shape index (κ3) is 4.68. The molecule has 0 saturated heterocycles. The number of hydrogen-bond acceptors (Lipinski definition) is 6. The molecule has 0 fully saturated rings. The molecule has 1 amide bonds. The molecule has 0 atom stereocenters. The van der Waals surface area contributed by atoms with Gasteiger partial charge in [0.2, 0.25) is 5.91 Å². The Morgan fingerprint density at radius 1 is 1.25 bits per heavy atom. The maximum atomic E-state index is 12.6. The number of methoxy groups -OCH3 is 1. The molecule has 3 N–H and O–H groups in total. The zero-order valence-electron chi connectivity index (χ0n) is 15.2. The molecule has 8 heteroatoms. The summed E-state index contributed by atoms with van der Waals surface area (Å²) in [7, 11) is 1.33. The van der Waals surface area contributed by atoms with Gasteiger partial charge in [-0.2, -0.15) is 0 Å². The Morgan fingerprint density at radius 2 is 1.79 bits per heavy atom. The predicted molar refractivity (Wildman–Crippen MR) is 100 cm³/mol. The van der Waals surface area contributed by atoms with E-state index in [2.05, 4.69) is 10.3 Å². The minimum absolute atomic E-state index is 0. The maximum Gasteiger partial charge on any atom is 0.350 e. The molecule has 24 heavy (non-hydrogen) atoms. The number of hydrogen-bond donors (Lipinski definition) is 2. The van der Waals surface area contributed by atoms with Crippen LogP contribution in [0.15, 0.2) is 0 Å². The number of halogens is 1. The molecule has 0 unspecified atom stereocenters. The van der Waals surface area contributed by atoms with Crippen LogP contribution in [0, 0.1) is 5.41 Å². The van der Waals surface area contributed by atoms with Crippen LogP contribution in [0.2, 0.25) is 0 Å². The van der Waals surface area contributed by atoms with Gasteiger partial charge < -0.3 is 15.8 Å². The summed E-state index contributed by atoms with van der Waals surface area (Å²) in [5.74, 6) is -0.598. The number of carbonyl (C=O) groups is 2. The fourth-order valence-corrected chi connectivity index (χ4v) is 3.38. The van der Waals surface area contributed by atoms with Crippen molar-refractivity contribution in [1.82, 2.24) is 4.98 Å². The normalized spacial score (nSPS) is 11.6. The second-order valence-electron chi connectivity index (χ2n) is 6.58. The zero-order valence-corrected chi connectivity index (χ0v) is 16.8. The molecule has 0 aliphatic carbocycles. The number of esters is 1. The van der Waals surface area contributed by atoms with Crippen LogP contribution in [0.3, 0.4) is 0 Å². The second kappa shape index (κ2) is 8.78. The van der Waals surface area contributed by atoms with Crippen LogP contribution in [0.4, 0.5) is 5.13 Å². The molecule has 0 saturated carbocycles. The number of nitrogens with two attached hydrogens (primary N) is 1. The highest BCUT2D eigenvalue weighted by atomic mass is 35.5. The van der Waals surface area contributed by atoms with Gasteiger partial charge in [0, 0.05) is 12.0 Å². The first-order valence-corrected chi connectivity index (χ1v) is 8.58. The topological polar surface area (TPSA) is 94.3 Å². The van der Waals surface area contributed by atoms with Crippen LogP contribution in [0.25, 0.3) is 0 Å². The second-order valence-corrected chi connectivity index (χ2v) is 7.58. The molecule has 0 aromatic carbocycles. The van der Waals surface area contributed by atoms with Crippen LogP contribution >= 0.6 is 23.7 Å². The Morgan fingerprint density at radius 3 is 2.17 bits per heavy atom. The molecule has 0 bridgehead atoms. The maximum absolute atomic E-state index is 12.6. The third-order valence-electron chi connectivity index (χ3n) is 4.15. The first kappa shape index (κ1) is 22.8. The van der Waals surface area contributed by atoms with Crippen molar-refractivity contribution in [2.45, 2.75) is 52.9 Å². The number of rotatable bonds is 6. The molecule has 1 rings (SSSR count). The van der Waals surface area contributed by atoms with Crippen molar-refractivity contribution in [2.75, 3.05) is 19.0 Å². The van der Waals surface area contributed by atoms with Crippen molar-refractivity contribution < 1.29 is 14.3 Å². The minimum atomic E-state index is -0.612. The number of thiazole rings is 1. The number of carbonyl (C=O) groups excluding carboxylic acids is 2. The van der Waals surface area contributed by atoms with Gasteiger partial charge in [0.05, 0.1) is 18.2 Å². The fraction of sp³-hybridized carbons (Fsp3) is 0.688. The summed E-state index contributed by atoms with van der Waals surface area (Å²) in [5, 5.41) is 3.23. The smallest absolute Gasteiger partial charge is 0.350 e. The highest BCUT2D eigenvalue weighted by Crippen LogP contribution is 2.34. The number of ether oxygens (including phenoxy) is 1. The molecule has 1 aromatic rings. The molecule has 138 valence electrons. The summed E-state index contributed by atoms with van der Waals surface area (Å²) in [6.07, 6.45) is 1.29. The summed E-state index contributed by atoms with van der Waals surface area (Å²) < 4.78 is 4.82. The lowest BCUT2D eigenvalue weighted by Crippen LogP contribution is -2.41. The van der Waals surface area contributed by atoms with Gasteiger partial charge in [-0.05, 0) is 12.8 Å². The Kier molecular flexibility index (Phi) is 8.35. The molecule has 6 nitrogen and oxygen atoms in total. The third-order valence-corrected chi connectivity index (χ3v) is 5.11. The number of aromatic nitrogens is 1. The van der Waals surface area contributed by atoms with Gasteiger partial charge in [-0.3, -0.25) is 4.79 Å². The number of nitrogens with zero attached hydrogens (tertiary/aromatic N) is 1. The number of nitrogens with one attached hydrogen (secondary N) is 1. The van der Waals surface area contributed by atoms with E-state index in [-0.39, 0.29) is 30.3 Å². The standard InChI is InChI=1S/C16H27N3O3S.ClH/c1-7-16(8-2,9-17)13(21)19-14-18-11(15(3,4)5)10(23-14)12(20)22-6;/h7-9,17H2,1-6H3,(H,18,19,21);1H. The summed E-state index contributed by atoms with van der Waals surface area (Å²) in [6, 6.07) is 0. The number of anilines is 1. The molecule has 1 heterocycles. The SMILES string of the molecule is CCC(CC)(CN)C(=O)Nc1nc(C(C)(C)C)c(C(=O)OC)s1.Cl. The number of amides is 1. The van der Waals surface area contributed by atoms with Gasteiger partial charge in [0.15, 0.2) is 5.13 Å². The molecular weight excluding hydrogens is 350 g/mol. The molecule has 0 aliphatic rings. The van der Waals surface area contributed by atoms with Gasteiger partial charge in [-0.25, -0.2) is 9.78 Å². The van der Waals surface area contributed by atoms with Crippen LogP contribution in [-0.4, -0.2) is 30.5 Å². The van der Waals surface area contributed by atoms with Crippen LogP contribution in [0.5, 0.6) is 0 Å². The van der Waals surface area contributed by atoms with Crippen molar-refractivity contribution >= 4 is 40.8 Å². The van der Waals surface area contributed by atoms with E-state index < -0.39 is 11.4 Å². The Bertz CT molecular complexity index is 569. The van der Waals surface area contributed by atoms with Crippen molar-refractivity contribution in [2.24, 2.45) is 11.1 Å². The lowest BCUT2D eigenvalue weighted by molar-refractivity contribution is -0.125. The van der Waals surface area contributed by atoms with Gasteiger partial charge in [0.25, 0.3) is 0 Å². The molecule has 0 spiro atoms. The average molecular weight is 378 g/mol. The summed E-state index contributed by atoms with van der Waals surface area (Å²) in [4.78, 5) is 29.4. The van der Waals surface area contributed by atoms with Crippen LogP contribution in [-0.2, 0) is 14.9 Å². The van der Waals surface area contributed by atoms with Gasteiger partial charge >= 0.3 is 5.97 Å². The molecule has 0 aliphatic heterocycles. The molecular formula is C16H28ClN3O3S. The average Bonchev–Trinajstić information content (AvgIpc) is 2.93. The quantitative estimate of drug-likeness (QED) is 0.741. The molecule has 0 radical (unpaired) electrons. The van der Waals surface area contributed by atoms with E-state index >= 15 is 0 Å². The van der Waals surface area contributed by atoms with Crippen molar-refractivity contribution in [3.8, 4) is 0 Å². The van der Waals surface area contributed by atoms with Crippen LogP contribution in [0.1, 0.15) is 62.8 Å². The van der Waals surface area contributed by atoms with Crippen molar-refractivity contribution in [3.05, 3.63) is 10.6 Å². The Balaban J connectivity index is 0.00000529. The Labute approximate surface area is 154 Å². The van der Waals surface area contributed by atoms with E-state index in [0.717, 1.165) is 11.3 Å². The first-order chi connectivity index (χ1) is 10.6. The van der Waals surface area contributed by atoms with E-state index in [1.54, 1.807) is 0 Å². The highest BCUT2D eigenvalue weighted by molar-refractivity contribution is 7.17. The summed E-state index contributed by atoms with van der Waals surface area (Å²) in [5.41, 5.74) is 5.48. The lowest BCUT2D eigenvalue weighted by atomic mass is 9.81. The predicted octanol–water partition coefficient (Wildman–Crippen LogP) is 3.35. The molecule has 1 aromatic heterocycles. The lowest BCUT2D eigenvalue weighted by Gasteiger charge is -2.27. The van der Waals surface area contributed by atoms with E-state index in [1.807, 2.05) is 34.6 Å². The first-order valence-electron chi connectivity index (χ1n) is 7.76. The van der Waals surface area contributed by atoms with Gasteiger partial charge in [0.1, 0.15) is 4.88 Å². The monoisotopic (exact) mass is 377 g/mol. The minimum Gasteiger partial charge on any atom is -0.465 e. The largest absolute Gasteiger partial charge is 0.465 e. The van der Waals surface area contributed by atoms with E-state index in [9.17, 15) is 9.59 Å².